The van der Waals surface area contributed by atoms with E-state index in [1.54, 1.807) is 7.11 Å². The van der Waals surface area contributed by atoms with E-state index in [2.05, 4.69) is 31.2 Å². The third kappa shape index (κ3) is 2.14. The summed E-state index contributed by atoms with van der Waals surface area (Å²) in [5.41, 5.74) is 11.7. The Labute approximate surface area is 119 Å². The van der Waals surface area contributed by atoms with Crippen LogP contribution in [0, 0.1) is 6.92 Å². The van der Waals surface area contributed by atoms with E-state index in [0.717, 1.165) is 35.7 Å². The van der Waals surface area contributed by atoms with Gasteiger partial charge < -0.3 is 15.2 Å². The van der Waals surface area contributed by atoms with Gasteiger partial charge in [-0.05, 0) is 53.4 Å². The lowest BCUT2D eigenvalue weighted by molar-refractivity contribution is 0.353. The number of aryl methyl sites for hydroxylation is 1. The van der Waals surface area contributed by atoms with Crippen molar-refractivity contribution in [3.05, 3.63) is 47.0 Å². The minimum absolute atomic E-state index is 0.505. The van der Waals surface area contributed by atoms with Gasteiger partial charge in [-0.2, -0.15) is 0 Å². The first-order valence-electron chi connectivity index (χ1n) is 6.86. The standard InChI is InChI=1S/C17H19NO2/c1-11-7-12(3-4-16(11)19-2)14-8-13-5-6-20-17(13)15(9-14)10-18/h3-4,7-9H,5-6,10,18H2,1-2H3. The maximum atomic E-state index is 5.85. The molecule has 1 aliphatic rings. The Morgan fingerprint density at radius 1 is 1.20 bits per heavy atom. The first-order valence-corrected chi connectivity index (χ1v) is 6.86. The van der Waals surface area contributed by atoms with Crippen molar-refractivity contribution >= 4 is 0 Å². The molecular weight excluding hydrogens is 250 g/mol. The SMILES string of the molecule is COc1ccc(-c2cc(CN)c3c(c2)CCO3)cc1C. The molecule has 104 valence electrons. The van der Waals surface area contributed by atoms with Crippen molar-refractivity contribution in [2.24, 2.45) is 5.73 Å². The summed E-state index contributed by atoms with van der Waals surface area (Å²) in [7, 11) is 1.70. The van der Waals surface area contributed by atoms with Crippen molar-refractivity contribution in [3.8, 4) is 22.6 Å². The molecule has 1 aliphatic heterocycles. The van der Waals surface area contributed by atoms with Gasteiger partial charge in [-0.25, -0.2) is 0 Å². The predicted molar refractivity (Wildman–Crippen MR) is 80.3 cm³/mol. The smallest absolute Gasteiger partial charge is 0.127 e. The summed E-state index contributed by atoms with van der Waals surface area (Å²) >= 11 is 0. The molecule has 2 aromatic rings. The minimum atomic E-state index is 0.505. The molecule has 0 fully saturated rings. The summed E-state index contributed by atoms with van der Waals surface area (Å²) in [6, 6.07) is 10.6. The first kappa shape index (κ1) is 13.0. The van der Waals surface area contributed by atoms with Gasteiger partial charge in [0.2, 0.25) is 0 Å². The summed E-state index contributed by atoms with van der Waals surface area (Å²) in [4.78, 5) is 0. The third-order valence-corrected chi connectivity index (χ3v) is 3.81. The average molecular weight is 269 g/mol. The Kier molecular flexibility index (Phi) is 3.36. The lowest BCUT2D eigenvalue weighted by Crippen LogP contribution is -2.00. The highest BCUT2D eigenvalue weighted by atomic mass is 16.5. The molecule has 3 rings (SSSR count). The number of nitrogens with two attached hydrogens (primary N) is 1. The lowest BCUT2D eigenvalue weighted by Gasteiger charge is -2.11. The molecule has 0 aromatic heterocycles. The summed E-state index contributed by atoms with van der Waals surface area (Å²) in [5, 5.41) is 0. The van der Waals surface area contributed by atoms with Crippen LogP contribution >= 0.6 is 0 Å². The van der Waals surface area contributed by atoms with Gasteiger partial charge in [-0.15, -0.1) is 0 Å². The number of rotatable bonds is 3. The Morgan fingerprint density at radius 3 is 2.75 bits per heavy atom. The van der Waals surface area contributed by atoms with Gasteiger partial charge in [0.1, 0.15) is 11.5 Å². The van der Waals surface area contributed by atoms with Crippen molar-refractivity contribution in [2.75, 3.05) is 13.7 Å². The molecule has 0 bridgehead atoms. The van der Waals surface area contributed by atoms with E-state index in [-0.39, 0.29) is 0 Å². The van der Waals surface area contributed by atoms with Crippen LogP contribution in [0.1, 0.15) is 16.7 Å². The van der Waals surface area contributed by atoms with E-state index in [9.17, 15) is 0 Å². The lowest BCUT2D eigenvalue weighted by atomic mass is 9.97. The van der Waals surface area contributed by atoms with E-state index < -0.39 is 0 Å². The molecule has 0 saturated carbocycles. The molecule has 3 heteroatoms. The van der Waals surface area contributed by atoms with Crippen molar-refractivity contribution in [1.82, 2.24) is 0 Å². The van der Waals surface area contributed by atoms with Gasteiger partial charge >= 0.3 is 0 Å². The summed E-state index contributed by atoms with van der Waals surface area (Å²) in [6.45, 7) is 3.32. The molecule has 0 atom stereocenters. The fourth-order valence-electron chi connectivity index (χ4n) is 2.76. The van der Waals surface area contributed by atoms with Gasteiger partial charge in [0, 0.05) is 18.5 Å². The fourth-order valence-corrected chi connectivity index (χ4v) is 2.76. The summed E-state index contributed by atoms with van der Waals surface area (Å²) in [6.07, 6.45) is 0.964. The number of ether oxygens (including phenoxy) is 2. The maximum Gasteiger partial charge on any atom is 0.127 e. The Bertz CT molecular complexity index is 650. The summed E-state index contributed by atoms with van der Waals surface area (Å²) < 4.78 is 11.0. The normalized spacial score (nSPS) is 12.9. The van der Waals surface area contributed by atoms with Crippen LogP contribution in [0.4, 0.5) is 0 Å². The van der Waals surface area contributed by atoms with E-state index in [1.807, 2.05) is 6.07 Å². The van der Waals surface area contributed by atoms with Crippen molar-refractivity contribution in [3.63, 3.8) is 0 Å². The second-order valence-corrected chi connectivity index (χ2v) is 5.11. The molecule has 2 aromatic carbocycles. The zero-order valence-electron chi connectivity index (χ0n) is 11.9. The van der Waals surface area contributed by atoms with E-state index in [4.69, 9.17) is 15.2 Å². The molecule has 3 nitrogen and oxygen atoms in total. The van der Waals surface area contributed by atoms with Crippen molar-refractivity contribution in [1.29, 1.82) is 0 Å². The summed E-state index contributed by atoms with van der Waals surface area (Å²) in [5.74, 6) is 1.90. The molecule has 0 saturated heterocycles. The minimum Gasteiger partial charge on any atom is -0.496 e. The van der Waals surface area contributed by atoms with Crippen molar-refractivity contribution < 1.29 is 9.47 Å². The van der Waals surface area contributed by atoms with E-state index >= 15 is 0 Å². The highest BCUT2D eigenvalue weighted by Crippen LogP contribution is 2.35. The van der Waals surface area contributed by atoms with E-state index in [0.29, 0.717) is 6.54 Å². The quantitative estimate of drug-likeness (QED) is 0.931. The molecule has 2 N–H and O–H groups in total. The predicted octanol–water partition coefficient (Wildman–Crippen LogP) is 3.06. The molecule has 0 amide bonds. The van der Waals surface area contributed by atoms with Crippen LogP contribution in [0.15, 0.2) is 30.3 Å². The zero-order chi connectivity index (χ0) is 14.1. The second kappa shape index (κ2) is 5.17. The highest BCUT2D eigenvalue weighted by molar-refractivity contribution is 5.69. The van der Waals surface area contributed by atoms with Crippen LogP contribution in [0.5, 0.6) is 11.5 Å². The maximum absolute atomic E-state index is 5.85. The van der Waals surface area contributed by atoms with Gasteiger partial charge in [0.05, 0.1) is 13.7 Å². The van der Waals surface area contributed by atoms with Crippen LogP contribution in [0.3, 0.4) is 0 Å². The number of fused-ring (bicyclic) bond motifs is 1. The van der Waals surface area contributed by atoms with Gasteiger partial charge in [-0.3, -0.25) is 0 Å². The Morgan fingerprint density at radius 2 is 2.05 bits per heavy atom. The number of benzene rings is 2. The van der Waals surface area contributed by atoms with Crippen LogP contribution in [0.25, 0.3) is 11.1 Å². The molecular formula is C17H19NO2. The molecule has 0 radical (unpaired) electrons. The van der Waals surface area contributed by atoms with E-state index in [1.165, 1.54) is 16.7 Å². The van der Waals surface area contributed by atoms with Gasteiger partial charge in [-0.1, -0.05) is 6.07 Å². The Balaban J connectivity index is 2.08. The second-order valence-electron chi connectivity index (χ2n) is 5.11. The van der Waals surface area contributed by atoms with Gasteiger partial charge in [0.15, 0.2) is 0 Å². The monoisotopic (exact) mass is 269 g/mol. The highest BCUT2D eigenvalue weighted by Gasteiger charge is 2.17. The molecule has 20 heavy (non-hydrogen) atoms. The third-order valence-electron chi connectivity index (χ3n) is 3.81. The number of hydrogen-bond acceptors (Lipinski definition) is 3. The topological polar surface area (TPSA) is 44.5 Å². The zero-order valence-corrected chi connectivity index (χ0v) is 11.9. The van der Waals surface area contributed by atoms with Crippen molar-refractivity contribution in [2.45, 2.75) is 19.9 Å². The van der Waals surface area contributed by atoms with Crippen LogP contribution in [0.2, 0.25) is 0 Å². The Hall–Kier alpha value is -2.00. The largest absolute Gasteiger partial charge is 0.496 e. The van der Waals surface area contributed by atoms with Gasteiger partial charge in [0.25, 0.3) is 0 Å². The fraction of sp³-hybridized carbons (Fsp3) is 0.294. The number of hydrogen-bond donors (Lipinski definition) is 1. The molecule has 0 spiro atoms. The molecule has 0 unspecified atom stereocenters. The molecule has 0 aliphatic carbocycles. The number of methoxy groups -OCH3 is 1. The van der Waals surface area contributed by atoms with Crippen LogP contribution < -0.4 is 15.2 Å². The average Bonchev–Trinajstić information content (AvgIpc) is 2.94. The van der Waals surface area contributed by atoms with Crippen LogP contribution in [-0.2, 0) is 13.0 Å². The molecule has 1 heterocycles. The first-order chi connectivity index (χ1) is 9.72. The van der Waals surface area contributed by atoms with Crippen LogP contribution in [-0.4, -0.2) is 13.7 Å².